The van der Waals surface area contributed by atoms with Crippen LogP contribution in [0.4, 0.5) is 0 Å². The average molecular weight is 293 g/mol. The fourth-order valence-corrected chi connectivity index (χ4v) is 2.10. The number of phenols is 1. The predicted molar refractivity (Wildman–Crippen MR) is 77.7 cm³/mol. The van der Waals surface area contributed by atoms with Crippen LogP contribution in [0.5, 0.6) is 5.75 Å². The van der Waals surface area contributed by atoms with Crippen molar-refractivity contribution >= 4 is 13.4 Å². The van der Waals surface area contributed by atoms with E-state index in [-0.39, 0.29) is 16.9 Å². The number of carbonyl (C=O) groups is 1. The first-order valence-corrected chi connectivity index (χ1v) is 6.67. The molecule has 1 saturated heterocycles. The van der Waals surface area contributed by atoms with Gasteiger partial charge in [0.05, 0.1) is 11.2 Å². The largest absolute Gasteiger partial charge is 0.512 e. The Balaban J connectivity index is 2.42. The molecule has 0 aromatic heterocycles. The Bertz CT molecular complexity index is 554. The lowest BCUT2D eigenvalue weighted by molar-refractivity contribution is 0.00578. The molecule has 0 aliphatic carbocycles. The third-order valence-electron chi connectivity index (χ3n) is 4.20. The second-order valence-corrected chi connectivity index (χ2v) is 6.31. The van der Waals surface area contributed by atoms with Crippen LogP contribution in [-0.2, 0) is 14.9 Å². The lowest BCUT2D eigenvalue weighted by atomic mass is 9.70. The molecule has 114 valence electrons. The molecule has 1 atom stereocenters. The van der Waals surface area contributed by atoms with Gasteiger partial charge in [0.1, 0.15) is 12.0 Å². The molecule has 2 rings (SSSR count). The maximum absolute atomic E-state index is 10.9. The van der Waals surface area contributed by atoms with Crippen LogP contribution in [-0.4, -0.2) is 34.8 Å². The van der Waals surface area contributed by atoms with E-state index in [9.17, 15) is 15.0 Å². The van der Waals surface area contributed by atoms with Crippen molar-refractivity contribution in [2.75, 3.05) is 0 Å². The SMILES string of the molecule is CC1(C)OB([C@](N)(O)c2cc(C=O)ccc2O)OC1(C)C. The molecule has 4 N–H and O–H groups in total. The summed E-state index contributed by atoms with van der Waals surface area (Å²) >= 11 is 0. The summed E-state index contributed by atoms with van der Waals surface area (Å²) in [6.45, 7) is 7.30. The molecule has 21 heavy (non-hydrogen) atoms. The molecular formula is C14H20BNO5. The average Bonchev–Trinajstić information content (AvgIpc) is 2.59. The van der Waals surface area contributed by atoms with Crippen molar-refractivity contribution in [1.82, 2.24) is 0 Å². The first-order chi connectivity index (χ1) is 9.51. The molecule has 1 heterocycles. The Morgan fingerprint density at radius 1 is 1.24 bits per heavy atom. The minimum absolute atomic E-state index is 0.0226. The minimum atomic E-state index is -2.09. The summed E-state index contributed by atoms with van der Waals surface area (Å²) < 4.78 is 11.4. The maximum Gasteiger partial charge on any atom is 0.512 e. The highest BCUT2D eigenvalue weighted by Crippen LogP contribution is 2.42. The van der Waals surface area contributed by atoms with Gasteiger partial charge < -0.3 is 25.3 Å². The second-order valence-electron chi connectivity index (χ2n) is 6.31. The molecule has 1 aliphatic heterocycles. The summed E-state index contributed by atoms with van der Waals surface area (Å²) in [5.74, 6) is -0.236. The van der Waals surface area contributed by atoms with E-state index < -0.39 is 23.9 Å². The number of aldehydes is 1. The zero-order valence-corrected chi connectivity index (χ0v) is 12.6. The van der Waals surface area contributed by atoms with Crippen molar-refractivity contribution in [1.29, 1.82) is 0 Å². The van der Waals surface area contributed by atoms with E-state index >= 15 is 0 Å². The molecule has 1 aromatic rings. The molecule has 6 nitrogen and oxygen atoms in total. The molecule has 1 aliphatic rings. The van der Waals surface area contributed by atoms with Gasteiger partial charge in [-0.1, -0.05) is 0 Å². The quantitative estimate of drug-likeness (QED) is 0.435. The Morgan fingerprint density at radius 2 is 1.76 bits per heavy atom. The summed E-state index contributed by atoms with van der Waals surface area (Å²) in [4.78, 5) is 10.9. The van der Waals surface area contributed by atoms with E-state index in [4.69, 9.17) is 15.0 Å². The second kappa shape index (κ2) is 4.81. The molecule has 0 amide bonds. The highest BCUT2D eigenvalue weighted by atomic mass is 16.7. The topological polar surface area (TPSA) is 102 Å². The fraction of sp³-hybridized carbons (Fsp3) is 0.500. The number of aromatic hydroxyl groups is 1. The Morgan fingerprint density at radius 3 is 2.24 bits per heavy atom. The van der Waals surface area contributed by atoms with Gasteiger partial charge in [0.25, 0.3) is 0 Å². The van der Waals surface area contributed by atoms with Crippen molar-refractivity contribution in [3.05, 3.63) is 29.3 Å². The molecule has 7 heteroatoms. The number of aliphatic hydroxyl groups is 1. The third kappa shape index (κ3) is 2.57. The number of benzene rings is 1. The van der Waals surface area contributed by atoms with E-state index in [1.165, 1.54) is 18.2 Å². The predicted octanol–water partition coefficient (Wildman–Crippen LogP) is 0.940. The standard InChI is InChI=1S/C14H20BNO5/c1-12(2)13(3,4)21-15(20-12)14(16,19)10-7-9(8-17)5-6-11(10)18/h5-8,18-19H,16H2,1-4H3/t14-/m1/s1. The van der Waals surface area contributed by atoms with Crippen molar-refractivity contribution in [2.24, 2.45) is 5.73 Å². The minimum Gasteiger partial charge on any atom is -0.508 e. The molecular weight excluding hydrogens is 273 g/mol. The highest BCUT2D eigenvalue weighted by Gasteiger charge is 2.59. The summed E-state index contributed by atoms with van der Waals surface area (Å²) in [5, 5.41) is 20.5. The highest BCUT2D eigenvalue weighted by molar-refractivity contribution is 6.48. The van der Waals surface area contributed by atoms with Gasteiger partial charge in [0.2, 0.25) is 0 Å². The van der Waals surface area contributed by atoms with Crippen LogP contribution in [0.1, 0.15) is 43.6 Å². The third-order valence-corrected chi connectivity index (χ3v) is 4.20. The van der Waals surface area contributed by atoms with E-state index in [2.05, 4.69) is 0 Å². The van der Waals surface area contributed by atoms with E-state index in [1.807, 2.05) is 27.7 Å². The van der Waals surface area contributed by atoms with Crippen molar-refractivity contribution in [2.45, 2.75) is 44.5 Å². The Labute approximate surface area is 124 Å². The normalized spacial score (nSPS) is 22.9. The van der Waals surface area contributed by atoms with Crippen molar-refractivity contribution < 1.29 is 24.3 Å². The lowest BCUT2D eigenvalue weighted by Crippen LogP contribution is -2.53. The first-order valence-electron chi connectivity index (χ1n) is 6.67. The van der Waals surface area contributed by atoms with Crippen LogP contribution in [0.15, 0.2) is 18.2 Å². The molecule has 0 saturated carbocycles. The van der Waals surface area contributed by atoms with Crippen molar-refractivity contribution in [3.8, 4) is 5.75 Å². The van der Waals surface area contributed by atoms with E-state index in [0.717, 1.165) is 0 Å². The number of nitrogens with two attached hydrogens (primary N) is 1. The molecule has 1 fully saturated rings. The zero-order valence-electron chi connectivity index (χ0n) is 12.6. The van der Waals surface area contributed by atoms with Crippen LogP contribution in [0.25, 0.3) is 0 Å². The smallest absolute Gasteiger partial charge is 0.508 e. The summed E-state index contributed by atoms with van der Waals surface area (Å²) in [5.41, 5.74) is 2.75. The van der Waals surface area contributed by atoms with Gasteiger partial charge in [0, 0.05) is 11.1 Å². The summed E-state index contributed by atoms with van der Waals surface area (Å²) in [7, 11) is -1.17. The van der Waals surface area contributed by atoms with Crippen LogP contribution in [0, 0.1) is 0 Å². The number of hydrogen-bond donors (Lipinski definition) is 3. The summed E-state index contributed by atoms with van der Waals surface area (Å²) in [6, 6.07) is 4.03. The zero-order chi connectivity index (χ0) is 16.1. The van der Waals surface area contributed by atoms with Gasteiger partial charge in [-0.15, -0.1) is 0 Å². The van der Waals surface area contributed by atoms with Gasteiger partial charge in [-0.3, -0.25) is 4.79 Å². The first kappa shape index (κ1) is 16.0. The van der Waals surface area contributed by atoms with Crippen LogP contribution in [0.2, 0.25) is 0 Å². The maximum atomic E-state index is 10.9. The number of carbonyl (C=O) groups excluding carboxylic acids is 1. The number of rotatable bonds is 3. The Hall–Kier alpha value is -1.41. The van der Waals surface area contributed by atoms with Gasteiger partial charge >= 0.3 is 7.12 Å². The van der Waals surface area contributed by atoms with Gasteiger partial charge in [-0.2, -0.15) is 0 Å². The molecule has 0 bridgehead atoms. The van der Waals surface area contributed by atoms with Crippen molar-refractivity contribution in [3.63, 3.8) is 0 Å². The van der Waals surface area contributed by atoms with Gasteiger partial charge in [0.15, 0.2) is 5.62 Å². The monoisotopic (exact) mass is 293 g/mol. The summed E-state index contributed by atoms with van der Waals surface area (Å²) in [6.07, 6.45) is 0.600. The molecule has 0 radical (unpaired) electrons. The number of phenolic OH excluding ortho intramolecular Hbond substituents is 1. The van der Waals surface area contributed by atoms with Crippen LogP contribution in [0.3, 0.4) is 0 Å². The molecule has 1 aromatic carbocycles. The van der Waals surface area contributed by atoms with E-state index in [0.29, 0.717) is 6.29 Å². The van der Waals surface area contributed by atoms with E-state index in [1.54, 1.807) is 0 Å². The lowest BCUT2D eigenvalue weighted by Gasteiger charge is -2.32. The number of hydrogen-bond acceptors (Lipinski definition) is 6. The van der Waals surface area contributed by atoms with Gasteiger partial charge in [-0.05, 0) is 45.9 Å². The van der Waals surface area contributed by atoms with Crippen LogP contribution >= 0.6 is 0 Å². The fourth-order valence-electron chi connectivity index (χ4n) is 2.10. The Kier molecular flexibility index (Phi) is 3.66. The van der Waals surface area contributed by atoms with Gasteiger partial charge in [-0.25, -0.2) is 0 Å². The van der Waals surface area contributed by atoms with Crippen LogP contribution < -0.4 is 5.73 Å². The molecule has 0 unspecified atom stereocenters. The molecule has 0 spiro atoms.